The molecule has 0 aliphatic heterocycles. The van der Waals surface area contributed by atoms with E-state index < -0.39 is 0 Å². The Kier molecular flexibility index (Phi) is 4.24. The van der Waals surface area contributed by atoms with Crippen LogP contribution in [0.3, 0.4) is 0 Å². The van der Waals surface area contributed by atoms with Crippen molar-refractivity contribution in [3.63, 3.8) is 0 Å². The number of methoxy groups -OCH3 is 1. The highest BCUT2D eigenvalue weighted by Crippen LogP contribution is 2.37. The summed E-state index contributed by atoms with van der Waals surface area (Å²) in [6.07, 6.45) is 5.09. The second-order valence-electron chi connectivity index (χ2n) is 5.16. The number of carbonyl (C=O) groups is 1. The first-order chi connectivity index (χ1) is 8.69. The summed E-state index contributed by atoms with van der Waals surface area (Å²) in [4.78, 5) is 10.9. The molecule has 18 heavy (non-hydrogen) atoms. The number of amides is 1. The number of ether oxygens (including phenoxy) is 1. The van der Waals surface area contributed by atoms with Crippen LogP contribution in [-0.2, 0) is 4.79 Å². The molecule has 1 aromatic carbocycles. The van der Waals surface area contributed by atoms with Gasteiger partial charge in [0.05, 0.1) is 7.11 Å². The Hall–Kier alpha value is -1.51. The van der Waals surface area contributed by atoms with Gasteiger partial charge in [-0.15, -0.1) is 0 Å². The lowest BCUT2D eigenvalue weighted by Gasteiger charge is -2.28. The normalized spacial score (nSPS) is 23.6. The topological polar surface area (TPSA) is 52.3 Å². The Morgan fingerprint density at radius 1 is 1.22 bits per heavy atom. The predicted molar refractivity (Wildman–Crippen MR) is 71.5 cm³/mol. The van der Waals surface area contributed by atoms with E-state index in [9.17, 15) is 4.79 Å². The molecule has 1 aliphatic carbocycles. The first-order valence-corrected chi connectivity index (χ1v) is 6.61. The van der Waals surface area contributed by atoms with Gasteiger partial charge in [0.1, 0.15) is 5.75 Å². The zero-order valence-corrected chi connectivity index (χ0v) is 10.9. The molecule has 2 N–H and O–H groups in total. The lowest BCUT2D eigenvalue weighted by molar-refractivity contribution is -0.119. The number of primary amides is 1. The lowest BCUT2D eigenvalue weighted by Crippen LogP contribution is -2.20. The van der Waals surface area contributed by atoms with Crippen molar-refractivity contribution in [2.24, 2.45) is 11.7 Å². The van der Waals surface area contributed by atoms with Gasteiger partial charge >= 0.3 is 0 Å². The van der Waals surface area contributed by atoms with Crippen LogP contribution in [0.4, 0.5) is 0 Å². The van der Waals surface area contributed by atoms with Crippen LogP contribution in [0.1, 0.15) is 43.6 Å². The molecular weight excluding hydrogens is 226 g/mol. The van der Waals surface area contributed by atoms with Crippen molar-refractivity contribution in [3.8, 4) is 5.75 Å². The van der Waals surface area contributed by atoms with Crippen LogP contribution in [0.5, 0.6) is 5.75 Å². The molecule has 1 aromatic rings. The third kappa shape index (κ3) is 3.25. The van der Waals surface area contributed by atoms with Crippen LogP contribution >= 0.6 is 0 Å². The summed E-state index contributed by atoms with van der Waals surface area (Å²) in [5.41, 5.74) is 6.63. The second kappa shape index (κ2) is 5.89. The molecular formula is C15H21NO2. The maximum atomic E-state index is 10.9. The van der Waals surface area contributed by atoms with Gasteiger partial charge in [0.25, 0.3) is 0 Å². The molecule has 3 heteroatoms. The second-order valence-corrected chi connectivity index (χ2v) is 5.16. The van der Waals surface area contributed by atoms with Crippen molar-refractivity contribution in [3.05, 3.63) is 29.8 Å². The fourth-order valence-electron chi connectivity index (χ4n) is 2.86. The van der Waals surface area contributed by atoms with Gasteiger partial charge in [-0.05, 0) is 55.2 Å². The van der Waals surface area contributed by atoms with Crippen molar-refractivity contribution < 1.29 is 9.53 Å². The van der Waals surface area contributed by atoms with Crippen LogP contribution in [-0.4, -0.2) is 13.0 Å². The van der Waals surface area contributed by atoms with Crippen LogP contribution in [0.15, 0.2) is 24.3 Å². The summed E-state index contributed by atoms with van der Waals surface area (Å²) in [6, 6.07) is 8.34. The largest absolute Gasteiger partial charge is 0.497 e. The third-order valence-corrected chi connectivity index (χ3v) is 3.92. The highest BCUT2D eigenvalue weighted by molar-refractivity contribution is 5.73. The zero-order valence-electron chi connectivity index (χ0n) is 10.9. The highest BCUT2D eigenvalue weighted by Gasteiger charge is 2.23. The fraction of sp³-hybridized carbons (Fsp3) is 0.533. The van der Waals surface area contributed by atoms with E-state index in [2.05, 4.69) is 12.1 Å². The molecule has 0 aromatic heterocycles. The standard InChI is InChI=1S/C15H21NO2/c1-18-14-8-6-13(7-9-14)12-4-2-11(3-5-12)10-15(16)17/h6-9,11-12H,2-5,10H2,1H3,(H2,16,17). The number of nitrogens with two attached hydrogens (primary N) is 1. The summed E-state index contributed by atoms with van der Waals surface area (Å²) in [5, 5.41) is 0. The Morgan fingerprint density at radius 2 is 1.83 bits per heavy atom. The quantitative estimate of drug-likeness (QED) is 0.889. The van der Waals surface area contributed by atoms with E-state index in [0.717, 1.165) is 31.4 Å². The Morgan fingerprint density at radius 3 is 2.33 bits per heavy atom. The number of benzene rings is 1. The summed E-state index contributed by atoms with van der Waals surface area (Å²) >= 11 is 0. The minimum Gasteiger partial charge on any atom is -0.497 e. The predicted octanol–water partition coefficient (Wildman–Crippen LogP) is 2.84. The molecule has 0 radical (unpaired) electrons. The van der Waals surface area contributed by atoms with Crippen LogP contribution in [0.25, 0.3) is 0 Å². The average molecular weight is 247 g/mol. The van der Waals surface area contributed by atoms with Crippen molar-refractivity contribution >= 4 is 5.91 Å². The molecule has 0 atom stereocenters. The molecule has 0 saturated heterocycles. The van der Waals surface area contributed by atoms with E-state index in [0.29, 0.717) is 18.3 Å². The van der Waals surface area contributed by atoms with E-state index in [1.165, 1.54) is 5.56 Å². The molecule has 98 valence electrons. The molecule has 0 spiro atoms. The van der Waals surface area contributed by atoms with Crippen molar-refractivity contribution in [1.82, 2.24) is 0 Å². The van der Waals surface area contributed by atoms with Gasteiger partial charge in [0, 0.05) is 6.42 Å². The molecule has 1 saturated carbocycles. The molecule has 1 fully saturated rings. The van der Waals surface area contributed by atoms with Crippen LogP contribution in [0, 0.1) is 5.92 Å². The van der Waals surface area contributed by atoms with Gasteiger partial charge in [-0.2, -0.15) is 0 Å². The van der Waals surface area contributed by atoms with Gasteiger partial charge in [-0.1, -0.05) is 12.1 Å². The first kappa shape index (κ1) is 12.9. The number of hydrogen-bond acceptors (Lipinski definition) is 2. The van der Waals surface area contributed by atoms with Crippen molar-refractivity contribution in [2.45, 2.75) is 38.0 Å². The maximum Gasteiger partial charge on any atom is 0.217 e. The first-order valence-electron chi connectivity index (χ1n) is 6.61. The van der Waals surface area contributed by atoms with Crippen molar-refractivity contribution in [2.75, 3.05) is 7.11 Å². The van der Waals surface area contributed by atoms with E-state index in [4.69, 9.17) is 10.5 Å². The molecule has 1 amide bonds. The van der Waals surface area contributed by atoms with Gasteiger partial charge in [-0.3, -0.25) is 4.79 Å². The summed E-state index contributed by atoms with van der Waals surface area (Å²) in [5.74, 6) is 1.86. The number of hydrogen-bond donors (Lipinski definition) is 1. The maximum absolute atomic E-state index is 10.9. The van der Waals surface area contributed by atoms with E-state index >= 15 is 0 Å². The zero-order chi connectivity index (χ0) is 13.0. The highest BCUT2D eigenvalue weighted by atomic mass is 16.5. The van der Waals surface area contributed by atoms with Gasteiger partial charge in [0.2, 0.25) is 5.91 Å². The summed E-state index contributed by atoms with van der Waals surface area (Å²) < 4.78 is 5.17. The third-order valence-electron chi connectivity index (χ3n) is 3.92. The molecule has 2 rings (SSSR count). The Bertz CT molecular complexity index is 391. The fourth-order valence-corrected chi connectivity index (χ4v) is 2.86. The average Bonchev–Trinajstić information content (AvgIpc) is 2.39. The van der Waals surface area contributed by atoms with Gasteiger partial charge in [0.15, 0.2) is 0 Å². The number of rotatable bonds is 4. The molecule has 1 aliphatic rings. The summed E-state index contributed by atoms with van der Waals surface area (Å²) in [6.45, 7) is 0. The van der Waals surface area contributed by atoms with Crippen LogP contribution in [0.2, 0.25) is 0 Å². The van der Waals surface area contributed by atoms with Gasteiger partial charge < -0.3 is 10.5 Å². The minimum absolute atomic E-state index is 0.164. The van der Waals surface area contributed by atoms with E-state index in [1.54, 1.807) is 7.11 Å². The molecule has 3 nitrogen and oxygen atoms in total. The Labute approximate surface area is 108 Å². The van der Waals surface area contributed by atoms with E-state index in [-0.39, 0.29) is 5.91 Å². The smallest absolute Gasteiger partial charge is 0.217 e. The summed E-state index contributed by atoms with van der Waals surface area (Å²) in [7, 11) is 1.68. The molecule has 0 unspecified atom stereocenters. The van der Waals surface area contributed by atoms with Crippen LogP contribution < -0.4 is 10.5 Å². The van der Waals surface area contributed by atoms with Gasteiger partial charge in [-0.25, -0.2) is 0 Å². The minimum atomic E-state index is -0.164. The Balaban J connectivity index is 1.90. The number of carbonyl (C=O) groups excluding carboxylic acids is 1. The lowest BCUT2D eigenvalue weighted by atomic mass is 9.77. The SMILES string of the molecule is COc1ccc(C2CCC(CC(N)=O)CC2)cc1. The molecule has 0 heterocycles. The molecule has 0 bridgehead atoms. The van der Waals surface area contributed by atoms with Crippen molar-refractivity contribution in [1.29, 1.82) is 0 Å². The monoisotopic (exact) mass is 247 g/mol. The van der Waals surface area contributed by atoms with E-state index in [1.807, 2.05) is 12.1 Å².